The molecule has 1 fully saturated rings. The minimum absolute atomic E-state index is 0.0369. The van der Waals surface area contributed by atoms with Crippen molar-refractivity contribution in [1.29, 1.82) is 0 Å². The van der Waals surface area contributed by atoms with Crippen LogP contribution in [0.25, 0.3) is 10.9 Å². The lowest BCUT2D eigenvalue weighted by molar-refractivity contribution is -0.142. The van der Waals surface area contributed by atoms with Crippen LogP contribution in [0.1, 0.15) is 55.4 Å². The highest BCUT2D eigenvalue weighted by molar-refractivity contribution is 8.76. The number of aromatic hydroxyl groups is 3. The molecule has 5 aromatic rings. The molecular formula is C58H71N11O15S2. The number of nitrogens with one attached hydrogen (secondary N) is 9. The summed E-state index contributed by atoms with van der Waals surface area (Å²) in [5, 5.41) is 71.9. The summed E-state index contributed by atoms with van der Waals surface area (Å²) in [7, 11) is 1.83. The Bertz CT molecular complexity index is 3200. The van der Waals surface area contributed by atoms with Crippen molar-refractivity contribution in [3.63, 3.8) is 0 Å². The topological polar surface area (TPSA) is 436 Å². The van der Waals surface area contributed by atoms with Gasteiger partial charge in [-0.05, 0) is 89.9 Å². The first-order chi connectivity index (χ1) is 41.0. The Morgan fingerprint density at radius 3 is 1.71 bits per heavy atom. The van der Waals surface area contributed by atoms with Crippen LogP contribution >= 0.6 is 21.6 Å². The third-order valence-corrected chi connectivity index (χ3v) is 16.2. The molecule has 0 radical (unpaired) electrons. The number of phenolic OH excluding ortho intramolecular Hbond substituents is 3. The molecule has 28 heteroatoms. The number of aromatic nitrogens is 1. The number of aromatic amines is 1. The Morgan fingerprint density at radius 1 is 0.616 bits per heavy atom. The van der Waals surface area contributed by atoms with Crippen molar-refractivity contribution in [3.05, 3.63) is 126 Å². The third kappa shape index (κ3) is 20.2. The SMILES string of the molecule is CC(C)CC1NC(=O)C(Cc2ccc(O)cc2)NC(=O)C(CCC(N)=O)NC(=O)C(CO)NC(=O)C(Cc2c[nH]c3ccccc23)NC(=O)C(NC(=O)C(N)Cc2ccc(O)cc2)CSSCC(C(=O)NC(Cc2ccc(O)cc2)C(=O)O)NC1=O. The van der Waals surface area contributed by atoms with E-state index in [4.69, 9.17) is 11.5 Å². The average Bonchev–Trinajstić information content (AvgIpc) is 2.35. The van der Waals surface area contributed by atoms with Gasteiger partial charge in [-0.1, -0.05) is 90.0 Å². The molecule has 9 unspecified atom stereocenters. The minimum Gasteiger partial charge on any atom is -0.508 e. The van der Waals surface area contributed by atoms with Crippen molar-refractivity contribution >= 4 is 91.6 Å². The van der Waals surface area contributed by atoms with Gasteiger partial charge in [0.15, 0.2) is 0 Å². The van der Waals surface area contributed by atoms with Gasteiger partial charge in [-0.25, -0.2) is 4.79 Å². The lowest BCUT2D eigenvalue weighted by Crippen LogP contribution is -2.61. The first kappa shape index (κ1) is 66.3. The van der Waals surface area contributed by atoms with Crippen LogP contribution < -0.4 is 54.0 Å². The zero-order chi connectivity index (χ0) is 62.6. The van der Waals surface area contributed by atoms with Crippen LogP contribution in [0.5, 0.6) is 17.2 Å². The fraction of sp³-hybridized carbons (Fsp3) is 0.379. The molecule has 9 amide bonds. The van der Waals surface area contributed by atoms with Gasteiger partial charge in [-0.2, -0.15) is 0 Å². The van der Waals surface area contributed by atoms with Crippen molar-refractivity contribution in [3.8, 4) is 17.2 Å². The van der Waals surface area contributed by atoms with E-state index < -0.39 is 133 Å². The van der Waals surface area contributed by atoms with Gasteiger partial charge in [0, 0.05) is 54.3 Å². The van der Waals surface area contributed by atoms with Crippen LogP contribution in [0.2, 0.25) is 0 Å². The van der Waals surface area contributed by atoms with E-state index in [-0.39, 0.29) is 66.8 Å². The number of nitrogens with two attached hydrogens (primary N) is 2. The molecule has 0 saturated carbocycles. The molecule has 4 aromatic carbocycles. The lowest BCUT2D eigenvalue weighted by atomic mass is 10.00. The normalized spacial score (nSPS) is 21.3. The van der Waals surface area contributed by atoms with Gasteiger partial charge in [0.05, 0.1) is 12.6 Å². The monoisotopic (exact) mass is 1230 g/mol. The minimum atomic E-state index is -1.83. The summed E-state index contributed by atoms with van der Waals surface area (Å²) in [4.78, 5) is 143. The predicted molar refractivity (Wildman–Crippen MR) is 318 cm³/mol. The summed E-state index contributed by atoms with van der Waals surface area (Å²) in [6, 6.07) is 9.99. The summed E-state index contributed by atoms with van der Waals surface area (Å²) in [6.45, 7) is 2.40. The number of primary amides is 1. The molecule has 86 heavy (non-hydrogen) atoms. The van der Waals surface area contributed by atoms with E-state index in [1.807, 2.05) is 0 Å². The summed E-state index contributed by atoms with van der Waals surface area (Å²) in [5.74, 6) is -11.5. The number of fused-ring (bicyclic) bond motifs is 1. The number of aliphatic carboxylic acids is 1. The number of aliphatic hydroxyl groups excluding tert-OH is 1. The number of phenols is 3. The highest BCUT2D eigenvalue weighted by Gasteiger charge is 2.36. The second kappa shape index (κ2) is 31.9. The van der Waals surface area contributed by atoms with E-state index in [0.717, 1.165) is 21.6 Å². The van der Waals surface area contributed by atoms with Crippen molar-refractivity contribution in [2.45, 2.75) is 113 Å². The number of amides is 9. The van der Waals surface area contributed by atoms with Crippen molar-refractivity contribution in [2.24, 2.45) is 17.4 Å². The number of carbonyl (C=O) groups excluding carboxylic acids is 9. The molecule has 9 atom stereocenters. The first-order valence-corrected chi connectivity index (χ1v) is 29.9. The number of aliphatic hydroxyl groups is 1. The smallest absolute Gasteiger partial charge is 0.326 e. The highest BCUT2D eigenvalue weighted by atomic mass is 33.1. The molecule has 18 N–H and O–H groups in total. The van der Waals surface area contributed by atoms with Crippen molar-refractivity contribution in [2.75, 3.05) is 18.1 Å². The Labute approximate surface area is 501 Å². The fourth-order valence-corrected chi connectivity index (χ4v) is 11.4. The number of benzene rings is 4. The molecule has 1 aliphatic heterocycles. The van der Waals surface area contributed by atoms with Gasteiger partial charge in [-0.3, -0.25) is 43.2 Å². The van der Waals surface area contributed by atoms with Gasteiger partial charge >= 0.3 is 5.97 Å². The van der Waals surface area contributed by atoms with Gasteiger partial charge in [0.25, 0.3) is 0 Å². The van der Waals surface area contributed by atoms with Gasteiger partial charge < -0.3 is 84.5 Å². The molecule has 0 aliphatic carbocycles. The van der Waals surface area contributed by atoms with E-state index >= 15 is 0 Å². The van der Waals surface area contributed by atoms with Gasteiger partial charge in [-0.15, -0.1) is 0 Å². The van der Waals surface area contributed by atoms with Crippen molar-refractivity contribution < 1.29 is 73.5 Å². The fourth-order valence-electron chi connectivity index (χ4n) is 9.09. The van der Waals surface area contributed by atoms with Gasteiger partial charge in [0.1, 0.15) is 65.6 Å². The lowest BCUT2D eigenvalue weighted by Gasteiger charge is -2.28. The van der Waals surface area contributed by atoms with Crippen LogP contribution in [0.3, 0.4) is 0 Å². The van der Waals surface area contributed by atoms with Crippen LogP contribution in [0, 0.1) is 5.92 Å². The molecule has 26 nitrogen and oxygen atoms in total. The van der Waals surface area contributed by atoms with Crippen molar-refractivity contribution in [1.82, 2.24) is 47.5 Å². The number of carboxylic acids is 1. The number of H-pyrrole nitrogens is 1. The Kier molecular flexibility index (Phi) is 24.6. The second-order valence-corrected chi connectivity index (χ2v) is 23.5. The van der Waals surface area contributed by atoms with E-state index in [0.29, 0.717) is 33.2 Å². The molecule has 6 rings (SSSR count). The molecule has 1 aromatic heterocycles. The molecule has 2 heterocycles. The average molecular weight is 1230 g/mol. The standard InChI is InChI=1S/C58H71N11O15S2/c1-30(2)21-42-52(77)69-48(57(82)66-45(58(83)84)24-33-11-17-37(73)18-12-33)29-86-85-28-47(68-50(75)39(59)22-31-7-13-35(71)14-8-31)56(81)65-44(25-34-26-61-40-6-4-3-5-38(34)40)54(79)67-46(27-70)55(80)62-41(19-20-49(60)74)51(76)64-43(53(78)63-42)23-32-9-15-36(72)16-10-32/h3-18,26,30,39,41-48,61,70-73H,19-25,27-29,59H2,1-2H3,(H2,60,74)(H,62,80)(H,63,78)(H,64,76)(H,65,81)(H,66,82)(H,67,79)(H,68,75)(H,69,77)(H,83,84). The van der Waals surface area contributed by atoms with Crippen LogP contribution in [0.15, 0.2) is 103 Å². The zero-order valence-electron chi connectivity index (χ0n) is 46.9. The summed E-state index contributed by atoms with van der Waals surface area (Å²) in [6.07, 6.45) is -0.282. The van der Waals surface area contributed by atoms with Crippen LogP contribution in [-0.4, -0.2) is 162 Å². The molecule has 0 bridgehead atoms. The number of carboxylic acid groups (broad SMARTS) is 1. The predicted octanol–water partition coefficient (Wildman–Crippen LogP) is -0.455. The second-order valence-electron chi connectivity index (χ2n) is 21.0. The summed E-state index contributed by atoms with van der Waals surface area (Å²) in [5.41, 5.74) is 14.4. The maximum absolute atomic E-state index is 14.7. The number of carbonyl (C=O) groups is 10. The molecule has 1 aliphatic rings. The van der Waals surface area contributed by atoms with E-state index in [1.165, 1.54) is 60.7 Å². The third-order valence-electron chi connectivity index (χ3n) is 13.7. The number of hydrogen-bond donors (Lipinski definition) is 16. The summed E-state index contributed by atoms with van der Waals surface area (Å²) >= 11 is 0. The highest BCUT2D eigenvalue weighted by Crippen LogP contribution is 2.25. The molecule has 460 valence electrons. The largest absolute Gasteiger partial charge is 0.508 e. The molecular weight excluding hydrogens is 1150 g/mol. The quantitative estimate of drug-likeness (QED) is 0.0465. The van der Waals surface area contributed by atoms with E-state index in [1.54, 1.807) is 56.4 Å². The Hall–Kier alpha value is -8.86. The van der Waals surface area contributed by atoms with Crippen LogP contribution in [-0.2, 0) is 73.6 Å². The Balaban J connectivity index is 1.42. The first-order valence-electron chi connectivity index (χ1n) is 27.4. The molecule has 1 saturated heterocycles. The number of para-hydroxylation sites is 1. The maximum Gasteiger partial charge on any atom is 0.326 e. The number of hydrogen-bond acceptors (Lipinski definition) is 17. The van der Waals surface area contributed by atoms with E-state index in [9.17, 15) is 73.5 Å². The maximum atomic E-state index is 14.7. The zero-order valence-corrected chi connectivity index (χ0v) is 48.6. The van der Waals surface area contributed by atoms with E-state index in [2.05, 4.69) is 47.5 Å². The molecule has 0 spiro atoms. The number of rotatable bonds is 19. The summed E-state index contributed by atoms with van der Waals surface area (Å²) < 4.78 is 0. The Morgan fingerprint density at radius 2 is 1.12 bits per heavy atom. The van der Waals surface area contributed by atoms with Crippen LogP contribution in [0.4, 0.5) is 0 Å². The van der Waals surface area contributed by atoms with Gasteiger partial charge in [0.2, 0.25) is 53.2 Å².